The molecular weight excluding hydrogens is 414 g/mol. The standard InChI is InChI=1S/C27H27N3O3/c1-28-26(31)13-14-30-24-11-10-22(16-20(24)17-29-30)33-25-12-9-18-5-4-8-23(27(18)25)19-6-3-7-21(15-19)32-2/h3-8,10-11,15-17,25H,9,12-14H2,1-2H3,(H,28,31). The second kappa shape index (κ2) is 8.98. The monoisotopic (exact) mass is 441 g/mol. The maximum absolute atomic E-state index is 11.6. The van der Waals surface area contributed by atoms with Gasteiger partial charge in [0.05, 0.1) is 25.4 Å². The summed E-state index contributed by atoms with van der Waals surface area (Å²) in [6.45, 7) is 0.545. The summed E-state index contributed by atoms with van der Waals surface area (Å²) in [5.41, 5.74) is 5.91. The smallest absolute Gasteiger partial charge is 0.221 e. The van der Waals surface area contributed by atoms with Crippen molar-refractivity contribution in [3.05, 3.63) is 78.0 Å². The minimum atomic E-state index is -0.0110. The van der Waals surface area contributed by atoms with Crippen molar-refractivity contribution in [3.63, 3.8) is 0 Å². The average Bonchev–Trinajstić information content (AvgIpc) is 3.46. The highest BCUT2D eigenvalue weighted by molar-refractivity contribution is 5.81. The van der Waals surface area contributed by atoms with Gasteiger partial charge in [0.1, 0.15) is 17.6 Å². The average molecular weight is 442 g/mol. The fourth-order valence-corrected chi connectivity index (χ4v) is 4.62. The van der Waals surface area contributed by atoms with E-state index in [-0.39, 0.29) is 12.0 Å². The van der Waals surface area contributed by atoms with E-state index in [2.05, 4.69) is 40.7 Å². The van der Waals surface area contributed by atoms with Gasteiger partial charge in [-0.3, -0.25) is 9.48 Å². The first-order valence-corrected chi connectivity index (χ1v) is 11.3. The molecule has 1 aliphatic carbocycles. The van der Waals surface area contributed by atoms with Crippen LogP contribution in [0.4, 0.5) is 0 Å². The minimum absolute atomic E-state index is 0.00495. The van der Waals surface area contributed by atoms with Crippen molar-refractivity contribution in [3.8, 4) is 22.6 Å². The number of nitrogens with zero attached hydrogens (tertiary/aromatic N) is 2. The Morgan fingerprint density at radius 2 is 2.00 bits per heavy atom. The Labute approximate surface area is 193 Å². The molecule has 4 aromatic rings. The lowest BCUT2D eigenvalue weighted by Crippen LogP contribution is -2.19. The van der Waals surface area contributed by atoms with Crippen LogP contribution in [0, 0.1) is 0 Å². The molecule has 1 amide bonds. The second-order valence-corrected chi connectivity index (χ2v) is 8.27. The third-order valence-electron chi connectivity index (χ3n) is 6.30. The normalized spacial score (nSPS) is 14.8. The number of fused-ring (bicyclic) bond motifs is 2. The zero-order valence-electron chi connectivity index (χ0n) is 18.9. The third-order valence-corrected chi connectivity index (χ3v) is 6.30. The number of amides is 1. The molecule has 0 saturated heterocycles. The molecule has 6 nitrogen and oxygen atoms in total. The number of benzene rings is 3. The second-order valence-electron chi connectivity index (χ2n) is 8.27. The Kier molecular flexibility index (Phi) is 5.73. The van der Waals surface area contributed by atoms with E-state index in [4.69, 9.17) is 9.47 Å². The van der Waals surface area contributed by atoms with Gasteiger partial charge in [0.25, 0.3) is 0 Å². The highest BCUT2D eigenvalue weighted by Gasteiger charge is 2.27. The molecule has 1 aliphatic rings. The van der Waals surface area contributed by atoms with Crippen LogP contribution in [0.5, 0.6) is 11.5 Å². The van der Waals surface area contributed by atoms with Crippen molar-refractivity contribution in [2.24, 2.45) is 0 Å². The van der Waals surface area contributed by atoms with Crippen LogP contribution in [0.3, 0.4) is 0 Å². The van der Waals surface area contributed by atoms with Crippen LogP contribution in [-0.4, -0.2) is 29.8 Å². The Hall–Kier alpha value is -3.80. The maximum atomic E-state index is 11.6. The summed E-state index contributed by atoms with van der Waals surface area (Å²) in [5.74, 6) is 1.68. The molecule has 6 heteroatoms. The summed E-state index contributed by atoms with van der Waals surface area (Å²) in [5, 5.41) is 8.10. The lowest BCUT2D eigenvalue weighted by molar-refractivity contribution is -0.120. The van der Waals surface area contributed by atoms with Crippen molar-refractivity contribution in [1.82, 2.24) is 15.1 Å². The predicted octanol–water partition coefficient (Wildman–Crippen LogP) is 4.91. The largest absolute Gasteiger partial charge is 0.497 e. The third kappa shape index (κ3) is 4.16. The molecule has 1 heterocycles. The lowest BCUT2D eigenvalue weighted by atomic mass is 9.95. The SMILES string of the molecule is CNC(=O)CCn1ncc2cc(OC3CCc4cccc(-c5cccc(OC)c5)c43)ccc21. The van der Waals surface area contributed by atoms with E-state index in [1.54, 1.807) is 14.2 Å². The zero-order chi connectivity index (χ0) is 22.8. The van der Waals surface area contributed by atoms with Gasteiger partial charge < -0.3 is 14.8 Å². The molecule has 0 saturated carbocycles. The first-order chi connectivity index (χ1) is 16.2. The number of carbonyl (C=O) groups is 1. The number of aromatic nitrogens is 2. The summed E-state index contributed by atoms with van der Waals surface area (Å²) in [6.07, 6.45) is 4.16. The van der Waals surface area contributed by atoms with Crippen LogP contribution in [0.25, 0.3) is 22.0 Å². The zero-order valence-corrected chi connectivity index (χ0v) is 18.9. The van der Waals surface area contributed by atoms with Gasteiger partial charge in [-0.15, -0.1) is 0 Å². The summed E-state index contributed by atoms with van der Waals surface area (Å²) < 4.78 is 13.8. The molecule has 0 aliphatic heterocycles. The summed E-state index contributed by atoms with van der Waals surface area (Å²) >= 11 is 0. The number of nitrogens with one attached hydrogen (secondary N) is 1. The molecule has 1 unspecified atom stereocenters. The van der Waals surface area contributed by atoms with Crippen LogP contribution in [0.2, 0.25) is 0 Å². The molecule has 1 atom stereocenters. The van der Waals surface area contributed by atoms with E-state index in [1.165, 1.54) is 16.7 Å². The van der Waals surface area contributed by atoms with Crippen LogP contribution in [0.15, 0.2) is 66.9 Å². The highest BCUT2D eigenvalue weighted by atomic mass is 16.5. The van der Waals surface area contributed by atoms with Crippen LogP contribution in [0.1, 0.15) is 30.1 Å². The molecule has 0 bridgehead atoms. The maximum Gasteiger partial charge on any atom is 0.221 e. The van der Waals surface area contributed by atoms with E-state index >= 15 is 0 Å². The van der Waals surface area contributed by atoms with Crippen molar-refractivity contribution >= 4 is 16.8 Å². The molecule has 33 heavy (non-hydrogen) atoms. The predicted molar refractivity (Wildman–Crippen MR) is 129 cm³/mol. The van der Waals surface area contributed by atoms with Crippen molar-refractivity contribution in [1.29, 1.82) is 0 Å². The number of rotatable bonds is 7. The Bertz CT molecular complexity index is 1310. The van der Waals surface area contributed by atoms with Crippen LogP contribution in [-0.2, 0) is 17.8 Å². The summed E-state index contributed by atoms with van der Waals surface area (Å²) in [4.78, 5) is 11.6. The molecule has 0 radical (unpaired) electrons. The van der Waals surface area contributed by atoms with E-state index in [0.717, 1.165) is 40.8 Å². The molecule has 1 aromatic heterocycles. The number of methoxy groups -OCH3 is 1. The van der Waals surface area contributed by atoms with E-state index in [9.17, 15) is 4.79 Å². The van der Waals surface area contributed by atoms with Crippen molar-refractivity contribution in [2.75, 3.05) is 14.2 Å². The van der Waals surface area contributed by atoms with Gasteiger partial charge in [-0.25, -0.2) is 0 Å². The fourth-order valence-electron chi connectivity index (χ4n) is 4.62. The van der Waals surface area contributed by atoms with Gasteiger partial charge in [-0.05, 0) is 59.9 Å². The van der Waals surface area contributed by atoms with Gasteiger partial charge >= 0.3 is 0 Å². The highest BCUT2D eigenvalue weighted by Crippen LogP contribution is 2.42. The molecule has 1 N–H and O–H groups in total. The van der Waals surface area contributed by atoms with Gasteiger partial charge in [-0.2, -0.15) is 5.10 Å². The molecular formula is C27H27N3O3. The quantitative estimate of drug-likeness (QED) is 0.442. The van der Waals surface area contributed by atoms with Crippen molar-refractivity contribution < 1.29 is 14.3 Å². The van der Waals surface area contributed by atoms with Gasteiger partial charge in [0, 0.05) is 24.4 Å². The van der Waals surface area contributed by atoms with E-state index in [0.29, 0.717) is 13.0 Å². The Morgan fingerprint density at radius 3 is 2.85 bits per heavy atom. The van der Waals surface area contributed by atoms with Crippen LogP contribution >= 0.6 is 0 Å². The molecule has 168 valence electrons. The van der Waals surface area contributed by atoms with Crippen molar-refractivity contribution in [2.45, 2.75) is 31.9 Å². The van der Waals surface area contributed by atoms with Gasteiger partial charge in [0.2, 0.25) is 5.91 Å². The van der Waals surface area contributed by atoms with Crippen LogP contribution < -0.4 is 14.8 Å². The fraction of sp³-hybridized carbons (Fsp3) is 0.259. The first-order valence-electron chi connectivity index (χ1n) is 11.3. The topological polar surface area (TPSA) is 65.4 Å². The minimum Gasteiger partial charge on any atom is -0.497 e. The number of hydrogen-bond acceptors (Lipinski definition) is 4. The number of ether oxygens (including phenoxy) is 2. The van der Waals surface area contributed by atoms with Gasteiger partial charge in [0.15, 0.2) is 0 Å². The Balaban J connectivity index is 1.41. The molecule has 0 spiro atoms. The number of hydrogen-bond donors (Lipinski definition) is 1. The number of carbonyl (C=O) groups excluding carboxylic acids is 1. The lowest BCUT2D eigenvalue weighted by Gasteiger charge is -2.19. The molecule has 0 fully saturated rings. The summed E-state index contributed by atoms with van der Waals surface area (Å²) in [7, 11) is 3.34. The summed E-state index contributed by atoms with van der Waals surface area (Å²) in [6, 6.07) is 20.7. The Morgan fingerprint density at radius 1 is 1.12 bits per heavy atom. The van der Waals surface area contributed by atoms with E-state index in [1.807, 2.05) is 41.2 Å². The molecule has 5 rings (SSSR count). The number of aryl methyl sites for hydroxylation is 2. The van der Waals surface area contributed by atoms with Gasteiger partial charge in [-0.1, -0.05) is 30.3 Å². The van der Waals surface area contributed by atoms with E-state index < -0.39 is 0 Å². The molecule has 3 aromatic carbocycles. The first kappa shape index (κ1) is 21.1.